The fourth-order valence-electron chi connectivity index (χ4n) is 1.66. The van der Waals surface area contributed by atoms with E-state index in [1.54, 1.807) is 22.7 Å². The van der Waals surface area contributed by atoms with Crippen molar-refractivity contribution in [3.05, 3.63) is 33.8 Å². The molecule has 0 unspecified atom stereocenters. The van der Waals surface area contributed by atoms with Crippen molar-refractivity contribution >= 4 is 32.7 Å². The maximum atomic E-state index is 10.8. The van der Waals surface area contributed by atoms with Gasteiger partial charge in [-0.25, -0.2) is 13.6 Å². The van der Waals surface area contributed by atoms with Crippen molar-refractivity contribution in [1.82, 2.24) is 5.32 Å². The molecule has 2 aromatic rings. The van der Waals surface area contributed by atoms with E-state index in [-0.39, 0.29) is 5.75 Å². The second-order valence-corrected chi connectivity index (χ2v) is 7.85. The van der Waals surface area contributed by atoms with Crippen molar-refractivity contribution < 1.29 is 8.42 Å². The molecular weight excluding hydrogens is 300 g/mol. The highest BCUT2D eigenvalue weighted by Gasteiger charge is 2.04. The Bertz CT molecular complexity index is 603. The molecule has 0 aliphatic carbocycles. The summed E-state index contributed by atoms with van der Waals surface area (Å²) in [5.74, 6) is 0.0326. The van der Waals surface area contributed by atoms with Gasteiger partial charge in [0.1, 0.15) is 0 Å². The Morgan fingerprint density at radius 2 is 2.16 bits per heavy atom. The van der Waals surface area contributed by atoms with Crippen LogP contribution in [-0.2, 0) is 16.6 Å². The number of hydrogen-bond acceptors (Lipinski definition) is 5. The number of nitrogens with one attached hydrogen (secondary N) is 1. The first kappa shape index (κ1) is 14.7. The zero-order valence-corrected chi connectivity index (χ0v) is 12.8. The minimum absolute atomic E-state index is 0.0326. The summed E-state index contributed by atoms with van der Waals surface area (Å²) in [5, 5.41) is 12.4. The van der Waals surface area contributed by atoms with Gasteiger partial charge in [-0.05, 0) is 35.9 Å². The fraction of sp³-hybridized carbons (Fsp3) is 0.333. The third kappa shape index (κ3) is 5.04. The lowest BCUT2D eigenvalue weighted by Gasteiger charge is -2.01. The number of sulfonamides is 1. The highest BCUT2D eigenvalue weighted by molar-refractivity contribution is 7.89. The molecule has 0 aliphatic heterocycles. The molecule has 19 heavy (non-hydrogen) atoms. The number of hydrogen-bond donors (Lipinski definition) is 2. The Labute approximate surface area is 121 Å². The monoisotopic (exact) mass is 316 g/mol. The van der Waals surface area contributed by atoms with Crippen molar-refractivity contribution in [2.24, 2.45) is 5.14 Å². The molecule has 0 aliphatic rings. The van der Waals surface area contributed by atoms with Crippen molar-refractivity contribution in [3.8, 4) is 10.4 Å². The van der Waals surface area contributed by atoms with Gasteiger partial charge < -0.3 is 5.32 Å². The maximum absolute atomic E-state index is 10.8. The molecule has 0 saturated heterocycles. The van der Waals surface area contributed by atoms with Gasteiger partial charge >= 0.3 is 0 Å². The highest BCUT2D eigenvalue weighted by Crippen LogP contribution is 2.29. The molecule has 2 aromatic heterocycles. The first-order valence-corrected chi connectivity index (χ1v) is 9.34. The third-order valence-electron chi connectivity index (χ3n) is 2.54. The Morgan fingerprint density at radius 1 is 1.32 bits per heavy atom. The van der Waals surface area contributed by atoms with Gasteiger partial charge in [0.15, 0.2) is 0 Å². The Hall–Kier alpha value is -0.730. The van der Waals surface area contributed by atoms with Crippen molar-refractivity contribution in [2.75, 3.05) is 12.3 Å². The normalized spacial score (nSPS) is 11.8. The van der Waals surface area contributed by atoms with Crippen molar-refractivity contribution in [3.63, 3.8) is 0 Å². The van der Waals surface area contributed by atoms with Gasteiger partial charge in [0, 0.05) is 21.9 Å². The molecule has 0 aromatic carbocycles. The first-order chi connectivity index (χ1) is 9.04. The molecule has 104 valence electrons. The summed E-state index contributed by atoms with van der Waals surface area (Å²) in [4.78, 5) is 2.52. The van der Waals surface area contributed by atoms with Crippen LogP contribution in [0.25, 0.3) is 10.4 Å². The number of rotatable bonds is 7. The summed E-state index contributed by atoms with van der Waals surface area (Å²) in [6.45, 7) is 1.42. The van der Waals surface area contributed by atoms with Crippen LogP contribution in [0.1, 0.15) is 11.3 Å². The van der Waals surface area contributed by atoms with Crippen LogP contribution in [0.5, 0.6) is 0 Å². The fourth-order valence-corrected chi connectivity index (χ4v) is 3.85. The summed E-state index contributed by atoms with van der Waals surface area (Å²) in [6.07, 6.45) is 0.544. The van der Waals surface area contributed by atoms with Gasteiger partial charge in [-0.15, -0.1) is 22.7 Å². The number of nitrogens with two attached hydrogens (primary N) is 1. The quantitative estimate of drug-likeness (QED) is 0.770. The van der Waals surface area contributed by atoms with Crippen LogP contribution in [0.4, 0.5) is 0 Å². The van der Waals surface area contributed by atoms with E-state index >= 15 is 0 Å². The Balaban J connectivity index is 1.75. The zero-order chi connectivity index (χ0) is 13.7. The molecule has 0 saturated carbocycles. The van der Waals surface area contributed by atoms with E-state index in [9.17, 15) is 8.42 Å². The largest absolute Gasteiger partial charge is 0.312 e. The van der Waals surface area contributed by atoms with Crippen LogP contribution in [0.3, 0.4) is 0 Å². The first-order valence-electron chi connectivity index (χ1n) is 5.87. The van der Waals surface area contributed by atoms with Crippen LogP contribution in [0, 0.1) is 0 Å². The molecule has 0 spiro atoms. The average molecular weight is 316 g/mol. The Kier molecular flexibility index (Phi) is 5.12. The number of thiophene rings is 2. The van der Waals surface area contributed by atoms with Crippen LogP contribution in [0.15, 0.2) is 29.0 Å². The van der Waals surface area contributed by atoms with Crippen LogP contribution < -0.4 is 10.5 Å². The van der Waals surface area contributed by atoms with E-state index < -0.39 is 10.0 Å². The zero-order valence-electron chi connectivity index (χ0n) is 10.3. The minimum atomic E-state index is -3.33. The summed E-state index contributed by atoms with van der Waals surface area (Å²) >= 11 is 3.44. The summed E-state index contributed by atoms with van der Waals surface area (Å²) in [7, 11) is -3.33. The molecule has 0 fully saturated rings. The van der Waals surface area contributed by atoms with E-state index in [4.69, 9.17) is 5.14 Å². The van der Waals surface area contributed by atoms with E-state index in [1.165, 1.54) is 15.3 Å². The summed E-state index contributed by atoms with van der Waals surface area (Å²) < 4.78 is 21.5. The summed E-state index contributed by atoms with van der Waals surface area (Å²) in [5.41, 5.74) is 1.25. The molecule has 2 heterocycles. The average Bonchev–Trinajstić information content (AvgIpc) is 2.97. The van der Waals surface area contributed by atoms with E-state index in [1.807, 2.05) is 6.07 Å². The molecule has 0 atom stereocenters. The molecule has 4 nitrogen and oxygen atoms in total. The standard InChI is InChI=1S/C12H16N2O2S3/c13-19(15,16)6-2-4-14-8-11-7-10(9-18-11)12-3-1-5-17-12/h1,3,5,7,9,14H,2,4,6,8H2,(H2,13,15,16). The topological polar surface area (TPSA) is 72.2 Å². The Morgan fingerprint density at radius 3 is 2.84 bits per heavy atom. The molecule has 3 N–H and O–H groups in total. The van der Waals surface area contributed by atoms with Crippen molar-refractivity contribution in [1.29, 1.82) is 0 Å². The van der Waals surface area contributed by atoms with Gasteiger partial charge in [-0.2, -0.15) is 0 Å². The minimum Gasteiger partial charge on any atom is -0.312 e. The van der Waals surface area contributed by atoms with Crippen LogP contribution in [0.2, 0.25) is 0 Å². The molecule has 0 radical (unpaired) electrons. The molecule has 0 amide bonds. The molecule has 2 rings (SSSR count). The predicted molar refractivity (Wildman–Crippen MR) is 81.9 cm³/mol. The van der Waals surface area contributed by atoms with Crippen LogP contribution in [-0.4, -0.2) is 20.7 Å². The second-order valence-electron chi connectivity index (χ2n) is 4.18. The van der Waals surface area contributed by atoms with Gasteiger partial charge in [0.2, 0.25) is 10.0 Å². The van der Waals surface area contributed by atoms with Crippen LogP contribution >= 0.6 is 22.7 Å². The van der Waals surface area contributed by atoms with Gasteiger partial charge in [0.25, 0.3) is 0 Å². The number of primary sulfonamides is 1. The summed E-state index contributed by atoms with van der Waals surface area (Å²) in [6, 6.07) is 6.32. The van der Waals surface area contributed by atoms with Gasteiger partial charge in [-0.3, -0.25) is 0 Å². The SMILES string of the molecule is NS(=O)(=O)CCCNCc1cc(-c2cccs2)cs1. The lowest BCUT2D eigenvalue weighted by molar-refractivity contribution is 0.590. The van der Waals surface area contributed by atoms with E-state index in [0.29, 0.717) is 13.0 Å². The second kappa shape index (κ2) is 6.62. The third-order valence-corrected chi connectivity index (χ3v) is 5.25. The predicted octanol–water partition coefficient (Wildman–Crippen LogP) is 2.24. The molecule has 0 bridgehead atoms. The van der Waals surface area contributed by atoms with Gasteiger partial charge in [0.05, 0.1) is 5.75 Å². The molecular formula is C12H16N2O2S3. The smallest absolute Gasteiger partial charge is 0.209 e. The maximum Gasteiger partial charge on any atom is 0.209 e. The lowest BCUT2D eigenvalue weighted by atomic mass is 10.2. The van der Waals surface area contributed by atoms with E-state index in [0.717, 1.165) is 6.54 Å². The van der Waals surface area contributed by atoms with Crippen molar-refractivity contribution in [2.45, 2.75) is 13.0 Å². The van der Waals surface area contributed by atoms with Gasteiger partial charge in [-0.1, -0.05) is 6.07 Å². The molecule has 7 heteroatoms. The lowest BCUT2D eigenvalue weighted by Crippen LogP contribution is -2.21. The van der Waals surface area contributed by atoms with E-state index in [2.05, 4.69) is 28.2 Å². The highest BCUT2D eigenvalue weighted by atomic mass is 32.2.